The van der Waals surface area contributed by atoms with E-state index in [0.29, 0.717) is 24.3 Å². The summed E-state index contributed by atoms with van der Waals surface area (Å²) in [5.41, 5.74) is 4.12. The summed E-state index contributed by atoms with van der Waals surface area (Å²) in [6, 6.07) is 22.7. The second-order valence-corrected chi connectivity index (χ2v) is 9.09. The minimum Gasteiger partial charge on any atom is -0.490 e. The van der Waals surface area contributed by atoms with Crippen LogP contribution in [0.3, 0.4) is 0 Å². The largest absolute Gasteiger partial charge is 0.490 e. The first-order chi connectivity index (χ1) is 17.9. The Labute approximate surface area is 215 Å². The van der Waals surface area contributed by atoms with E-state index < -0.39 is 5.97 Å². The van der Waals surface area contributed by atoms with Crippen molar-refractivity contribution in [2.45, 2.75) is 19.4 Å². The van der Waals surface area contributed by atoms with E-state index in [1.807, 2.05) is 62.5 Å². The van der Waals surface area contributed by atoms with Crippen molar-refractivity contribution >= 4 is 28.5 Å². The topological polar surface area (TPSA) is 81.0 Å². The fraction of sp³-hybridized carbons (Fsp3) is 0.200. The van der Waals surface area contributed by atoms with Crippen LogP contribution in [0, 0.1) is 6.92 Å². The van der Waals surface area contributed by atoms with Gasteiger partial charge in [0.1, 0.15) is 24.2 Å². The lowest BCUT2D eigenvalue weighted by atomic mass is 10.1. The van der Waals surface area contributed by atoms with Crippen LogP contribution in [0.5, 0.6) is 11.5 Å². The van der Waals surface area contributed by atoms with Crippen molar-refractivity contribution in [2.24, 2.45) is 0 Å². The van der Waals surface area contributed by atoms with Crippen LogP contribution in [0.25, 0.3) is 10.9 Å². The maximum absolute atomic E-state index is 13.5. The highest BCUT2D eigenvalue weighted by atomic mass is 16.5. The van der Waals surface area contributed by atoms with E-state index in [2.05, 4.69) is 4.90 Å². The van der Waals surface area contributed by atoms with Gasteiger partial charge < -0.3 is 19.5 Å². The summed E-state index contributed by atoms with van der Waals surface area (Å²) in [6.07, 6.45) is 3.05. The number of fused-ring (bicyclic) bond motifs is 2. The second-order valence-electron chi connectivity index (χ2n) is 9.09. The number of nitrogens with zero attached hydrogens (tertiary/aromatic N) is 2. The van der Waals surface area contributed by atoms with Gasteiger partial charge in [0.25, 0.3) is 5.91 Å². The summed E-state index contributed by atoms with van der Waals surface area (Å²) < 4.78 is 13.8. The average Bonchev–Trinajstić information content (AvgIpc) is 3.18. The first-order valence-electron chi connectivity index (χ1n) is 12.1. The summed E-state index contributed by atoms with van der Waals surface area (Å²) in [5, 5.41) is 9.87. The number of hydrogen-bond acceptors (Lipinski definition) is 5. The van der Waals surface area contributed by atoms with E-state index in [0.717, 1.165) is 46.2 Å². The molecule has 2 heterocycles. The third-order valence-electron chi connectivity index (χ3n) is 6.61. The van der Waals surface area contributed by atoms with Crippen molar-refractivity contribution in [2.75, 3.05) is 25.1 Å². The lowest BCUT2D eigenvalue weighted by Gasteiger charge is -2.33. The monoisotopic (exact) mass is 496 g/mol. The van der Waals surface area contributed by atoms with Gasteiger partial charge in [-0.15, -0.1) is 0 Å². The number of carboxylic acid groups (broad SMARTS) is 1. The van der Waals surface area contributed by atoms with Gasteiger partial charge in [-0.05, 0) is 61.4 Å². The highest BCUT2D eigenvalue weighted by Crippen LogP contribution is 2.32. The zero-order valence-electron chi connectivity index (χ0n) is 20.8. The van der Waals surface area contributed by atoms with E-state index in [1.165, 1.54) is 0 Å². The van der Waals surface area contributed by atoms with Crippen LogP contribution in [-0.2, 0) is 11.2 Å². The molecule has 1 N–H and O–H groups in total. The minimum absolute atomic E-state index is 0.108. The SMILES string of the molecule is Cc1c(C/C=C/C(=O)O)c2ccccc2n1C(=O)c1ccc(OC[C@@H]2CN(C)c3ccccc3O2)cc1. The van der Waals surface area contributed by atoms with E-state index in [4.69, 9.17) is 14.6 Å². The van der Waals surface area contributed by atoms with Gasteiger partial charge in [-0.25, -0.2) is 4.79 Å². The number of aromatic nitrogens is 1. The summed E-state index contributed by atoms with van der Waals surface area (Å²) in [4.78, 5) is 26.6. The van der Waals surface area contributed by atoms with E-state index >= 15 is 0 Å². The number of carboxylic acids is 1. The van der Waals surface area contributed by atoms with Gasteiger partial charge in [0.05, 0.1) is 17.7 Å². The summed E-state index contributed by atoms with van der Waals surface area (Å²) in [5.74, 6) is 0.363. The smallest absolute Gasteiger partial charge is 0.327 e. The number of para-hydroxylation sites is 3. The molecule has 0 fully saturated rings. The van der Waals surface area contributed by atoms with Crippen molar-refractivity contribution in [3.63, 3.8) is 0 Å². The molecule has 188 valence electrons. The molecule has 7 heteroatoms. The van der Waals surface area contributed by atoms with Gasteiger partial charge in [0.2, 0.25) is 0 Å². The number of ether oxygens (including phenoxy) is 2. The highest BCUT2D eigenvalue weighted by molar-refractivity contribution is 6.04. The Kier molecular flexibility index (Phi) is 6.68. The van der Waals surface area contributed by atoms with Crippen molar-refractivity contribution in [1.82, 2.24) is 4.57 Å². The number of anilines is 1. The quantitative estimate of drug-likeness (QED) is 0.359. The molecular weight excluding hydrogens is 468 g/mol. The number of rotatable bonds is 7. The van der Waals surface area contributed by atoms with Crippen LogP contribution < -0.4 is 14.4 Å². The normalized spacial score (nSPS) is 15.0. The molecule has 0 amide bonds. The number of hydrogen-bond donors (Lipinski definition) is 1. The van der Waals surface area contributed by atoms with Crippen LogP contribution in [0.15, 0.2) is 84.9 Å². The van der Waals surface area contributed by atoms with E-state index in [1.54, 1.807) is 34.9 Å². The number of aliphatic carboxylic acids is 1. The molecule has 4 aromatic rings. The summed E-state index contributed by atoms with van der Waals surface area (Å²) in [7, 11) is 2.04. The molecule has 1 aliphatic rings. The van der Waals surface area contributed by atoms with Gasteiger partial charge in [-0.2, -0.15) is 0 Å². The van der Waals surface area contributed by atoms with E-state index in [-0.39, 0.29) is 12.0 Å². The number of carbonyl (C=O) groups excluding carboxylic acids is 1. The fourth-order valence-electron chi connectivity index (χ4n) is 4.82. The van der Waals surface area contributed by atoms with Crippen LogP contribution >= 0.6 is 0 Å². The van der Waals surface area contributed by atoms with Crippen molar-refractivity contribution in [3.8, 4) is 11.5 Å². The van der Waals surface area contributed by atoms with Crippen LogP contribution in [0.4, 0.5) is 5.69 Å². The van der Waals surface area contributed by atoms with Gasteiger partial charge in [-0.3, -0.25) is 9.36 Å². The Hall–Kier alpha value is -4.52. The molecule has 1 atom stereocenters. The highest BCUT2D eigenvalue weighted by Gasteiger charge is 2.24. The molecule has 0 saturated heterocycles. The van der Waals surface area contributed by atoms with Crippen molar-refractivity contribution < 1.29 is 24.2 Å². The number of benzene rings is 3. The maximum atomic E-state index is 13.5. The molecule has 5 rings (SSSR count). The molecule has 1 aliphatic heterocycles. The first-order valence-corrected chi connectivity index (χ1v) is 12.1. The molecule has 0 unspecified atom stereocenters. The molecule has 0 bridgehead atoms. The molecule has 37 heavy (non-hydrogen) atoms. The second kappa shape index (κ2) is 10.2. The van der Waals surface area contributed by atoms with Crippen LogP contribution in [-0.4, -0.2) is 47.9 Å². The molecule has 1 aromatic heterocycles. The average molecular weight is 497 g/mol. The molecule has 7 nitrogen and oxygen atoms in total. The first kappa shape index (κ1) is 24.2. The molecular formula is C30H28N2O5. The third kappa shape index (κ3) is 4.93. The molecule has 0 saturated carbocycles. The molecule has 0 aliphatic carbocycles. The number of allylic oxidation sites excluding steroid dienone is 1. The minimum atomic E-state index is -0.994. The van der Waals surface area contributed by atoms with Gasteiger partial charge in [0.15, 0.2) is 0 Å². The van der Waals surface area contributed by atoms with Crippen LogP contribution in [0.2, 0.25) is 0 Å². The Morgan fingerprint density at radius 2 is 1.78 bits per heavy atom. The van der Waals surface area contributed by atoms with Crippen molar-refractivity contribution in [3.05, 3.63) is 102 Å². The molecule has 0 spiro atoms. The lowest BCUT2D eigenvalue weighted by molar-refractivity contribution is -0.131. The Morgan fingerprint density at radius 3 is 2.57 bits per heavy atom. The fourth-order valence-corrected chi connectivity index (χ4v) is 4.82. The summed E-state index contributed by atoms with van der Waals surface area (Å²) >= 11 is 0. The van der Waals surface area contributed by atoms with Gasteiger partial charge >= 0.3 is 5.97 Å². The maximum Gasteiger partial charge on any atom is 0.327 e. The lowest BCUT2D eigenvalue weighted by Crippen LogP contribution is -2.41. The van der Waals surface area contributed by atoms with Crippen LogP contribution in [0.1, 0.15) is 21.6 Å². The predicted octanol–water partition coefficient (Wildman–Crippen LogP) is 5.10. The van der Waals surface area contributed by atoms with Gasteiger partial charge in [0, 0.05) is 29.8 Å². The van der Waals surface area contributed by atoms with Gasteiger partial charge in [-0.1, -0.05) is 36.4 Å². The van der Waals surface area contributed by atoms with E-state index in [9.17, 15) is 9.59 Å². The predicted molar refractivity (Wildman–Crippen MR) is 143 cm³/mol. The number of carbonyl (C=O) groups is 2. The molecule has 0 radical (unpaired) electrons. The third-order valence-corrected chi connectivity index (χ3v) is 6.61. The Balaban J connectivity index is 1.31. The Bertz CT molecular complexity index is 1490. The zero-order chi connectivity index (χ0) is 25.9. The van der Waals surface area contributed by atoms with Crippen molar-refractivity contribution in [1.29, 1.82) is 0 Å². The summed E-state index contributed by atoms with van der Waals surface area (Å²) in [6.45, 7) is 3.00. The number of likely N-dealkylation sites (N-methyl/N-ethyl adjacent to an activating group) is 1. The standard InChI is InChI=1S/C30H28N2O5/c1-20-24(9-7-13-29(33)34)25-8-3-4-10-26(25)32(20)30(35)21-14-16-22(17-15-21)36-19-23-18-31(2)27-11-5-6-12-28(27)37-23/h3-8,10-17,23H,9,18-19H2,1-2H3,(H,33,34)/b13-7+/t23-/m0/s1. The zero-order valence-corrected chi connectivity index (χ0v) is 20.8. The molecule has 3 aromatic carbocycles. The Morgan fingerprint density at radius 1 is 1.05 bits per heavy atom.